The molecule has 0 aliphatic rings. The molecular formula is C19H25NO. The van der Waals surface area contributed by atoms with Crippen molar-refractivity contribution in [3.8, 4) is 5.75 Å². The molecule has 0 saturated heterocycles. The molecule has 0 N–H and O–H groups in total. The second-order valence-corrected chi connectivity index (χ2v) is 5.44. The largest absolute Gasteiger partial charge is 0.494 e. The van der Waals surface area contributed by atoms with Gasteiger partial charge in [0.25, 0.3) is 0 Å². The molecule has 112 valence electrons. The number of rotatable bonds is 7. The first-order valence-electron chi connectivity index (χ1n) is 7.92. The fraction of sp³-hybridized carbons (Fsp3) is 0.421. The van der Waals surface area contributed by atoms with Crippen molar-refractivity contribution in [2.24, 2.45) is 0 Å². The van der Waals surface area contributed by atoms with Crippen LogP contribution in [0.4, 0.5) is 0 Å². The van der Waals surface area contributed by atoms with Crippen LogP contribution in [-0.4, -0.2) is 11.6 Å². The molecule has 0 saturated carbocycles. The number of hydrogen-bond donors (Lipinski definition) is 0. The summed E-state index contributed by atoms with van der Waals surface area (Å²) in [6.45, 7) is 7.31. The highest BCUT2D eigenvalue weighted by Crippen LogP contribution is 2.24. The number of aromatic nitrogens is 1. The molecule has 0 radical (unpaired) electrons. The summed E-state index contributed by atoms with van der Waals surface area (Å²) in [5.74, 6) is 1.26. The van der Waals surface area contributed by atoms with E-state index in [1.807, 2.05) is 6.20 Å². The maximum absolute atomic E-state index is 5.70. The minimum absolute atomic E-state index is 0.306. The van der Waals surface area contributed by atoms with Gasteiger partial charge in [0.05, 0.1) is 6.61 Å². The average molecular weight is 283 g/mol. The van der Waals surface area contributed by atoms with E-state index < -0.39 is 0 Å². The smallest absolute Gasteiger partial charge is 0.119 e. The lowest BCUT2D eigenvalue weighted by atomic mass is 9.97. The molecule has 0 aliphatic heterocycles. The van der Waals surface area contributed by atoms with Gasteiger partial charge >= 0.3 is 0 Å². The number of ether oxygens (including phenoxy) is 1. The number of benzene rings is 1. The van der Waals surface area contributed by atoms with E-state index in [2.05, 4.69) is 62.2 Å². The van der Waals surface area contributed by atoms with Crippen LogP contribution in [0, 0.1) is 0 Å². The van der Waals surface area contributed by atoms with E-state index in [9.17, 15) is 0 Å². The molecule has 21 heavy (non-hydrogen) atoms. The molecule has 0 spiro atoms. The molecule has 1 aromatic heterocycles. The molecule has 2 rings (SSSR count). The number of aryl methyl sites for hydroxylation is 1. The lowest BCUT2D eigenvalue weighted by Gasteiger charge is -2.13. The molecule has 1 heterocycles. The van der Waals surface area contributed by atoms with Gasteiger partial charge in [-0.1, -0.05) is 45.4 Å². The Hall–Kier alpha value is -1.83. The lowest BCUT2D eigenvalue weighted by Crippen LogP contribution is -2.00. The van der Waals surface area contributed by atoms with E-state index in [1.165, 1.54) is 11.1 Å². The van der Waals surface area contributed by atoms with Crippen molar-refractivity contribution in [1.29, 1.82) is 0 Å². The zero-order chi connectivity index (χ0) is 15.1. The van der Waals surface area contributed by atoms with E-state index in [0.29, 0.717) is 5.92 Å². The van der Waals surface area contributed by atoms with Crippen molar-refractivity contribution in [1.82, 2.24) is 4.98 Å². The Bertz CT molecular complexity index is 530. The summed E-state index contributed by atoms with van der Waals surface area (Å²) >= 11 is 0. The van der Waals surface area contributed by atoms with Crippen molar-refractivity contribution in [3.63, 3.8) is 0 Å². The van der Waals surface area contributed by atoms with Gasteiger partial charge in [-0.05, 0) is 42.2 Å². The van der Waals surface area contributed by atoms with Crippen LogP contribution in [-0.2, 0) is 6.42 Å². The zero-order valence-corrected chi connectivity index (χ0v) is 13.3. The van der Waals surface area contributed by atoms with Gasteiger partial charge in [0.2, 0.25) is 0 Å². The molecule has 2 aromatic rings. The topological polar surface area (TPSA) is 22.1 Å². The number of nitrogens with zero attached hydrogens (tertiary/aromatic N) is 1. The maximum atomic E-state index is 5.70. The predicted octanol–water partition coefficient (Wildman–Crippen LogP) is 4.97. The SMILES string of the molecule is CCCCOc1ccc(C(C)c2ccc(CC)cn2)cc1. The maximum Gasteiger partial charge on any atom is 0.119 e. The molecule has 1 atom stereocenters. The summed E-state index contributed by atoms with van der Waals surface area (Å²) in [6.07, 6.45) is 5.28. The van der Waals surface area contributed by atoms with Crippen molar-refractivity contribution >= 4 is 0 Å². The second-order valence-electron chi connectivity index (χ2n) is 5.44. The van der Waals surface area contributed by atoms with Crippen LogP contribution < -0.4 is 4.74 Å². The Morgan fingerprint density at radius 3 is 2.38 bits per heavy atom. The van der Waals surface area contributed by atoms with Crippen LogP contribution in [0.5, 0.6) is 5.75 Å². The summed E-state index contributed by atoms with van der Waals surface area (Å²) in [6, 6.07) is 12.7. The van der Waals surface area contributed by atoms with Crippen LogP contribution in [0.2, 0.25) is 0 Å². The van der Waals surface area contributed by atoms with Crippen molar-refractivity contribution < 1.29 is 4.74 Å². The lowest BCUT2D eigenvalue weighted by molar-refractivity contribution is 0.309. The molecule has 1 unspecified atom stereocenters. The van der Waals surface area contributed by atoms with Gasteiger partial charge in [-0.2, -0.15) is 0 Å². The van der Waals surface area contributed by atoms with Crippen LogP contribution in [0.15, 0.2) is 42.6 Å². The first-order valence-corrected chi connectivity index (χ1v) is 7.92. The van der Waals surface area contributed by atoms with Crippen molar-refractivity contribution in [2.45, 2.75) is 46.0 Å². The summed E-state index contributed by atoms with van der Waals surface area (Å²) in [5, 5.41) is 0. The Morgan fingerprint density at radius 1 is 1.05 bits per heavy atom. The summed E-state index contributed by atoms with van der Waals surface area (Å²) in [7, 11) is 0. The minimum Gasteiger partial charge on any atom is -0.494 e. The van der Waals surface area contributed by atoms with E-state index >= 15 is 0 Å². The monoisotopic (exact) mass is 283 g/mol. The molecule has 0 bridgehead atoms. The highest BCUT2D eigenvalue weighted by molar-refractivity contribution is 5.33. The van der Waals surface area contributed by atoms with Crippen LogP contribution in [0.1, 0.15) is 56.4 Å². The standard InChI is InChI=1S/C19H25NO/c1-4-6-13-21-18-10-8-17(9-11-18)15(3)19-12-7-16(5-2)14-20-19/h7-12,14-15H,4-6,13H2,1-3H3. The van der Waals surface area contributed by atoms with Gasteiger partial charge in [0.15, 0.2) is 0 Å². The van der Waals surface area contributed by atoms with Crippen LogP contribution >= 0.6 is 0 Å². The zero-order valence-electron chi connectivity index (χ0n) is 13.3. The molecule has 1 aromatic carbocycles. The fourth-order valence-electron chi connectivity index (χ4n) is 2.26. The number of unbranched alkanes of at least 4 members (excludes halogenated alkanes) is 1. The molecule has 0 aliphatic carbocycles. The normalized spacial score (nSPS) is 12.1. The second kappa shape index (κ2) is 7.82. The summed E-state index contributed by atoms with van der Waals surface area (Å²) in [4.78, 5) is 4.58. The molecule has 2 nitrogen and oxygen atoms in total. The Morgan fingerprint density at radius 2 is 1.81 bits per heavy atom. The van der Waals surface area contributed by atoms with Gasteiger partial charge < -0.3 is 4.74 Å². The first-order chi connectivity index (χ1) is 10.2. The summed E-state index contributed by atoms with van der Waals surface area (Å²) in [5.41, 5.74) is 3.67. The van der Waals surface area contributed by atoms with Gasteiger partial charge in [0.1, 0.15) is 5.75 Å². The average Bonchev–Trinajstić information content (AvgIpc) is 2.55. The van der Waals surface area contributed by atoms with Gasteiger partial charge in [0, 0.05) is 17.8 Å². The fourth-order valence-corrected chi connectivity index (χ4v) is 2.26. The van der Waals surface area contributed by atoms with E-state index in [-0.39, 0.29) is 0 Å². The van der Waals surface area contributed by atoms with E-state index in [1.54, 1.807) is 0 Å². The highest BCUT2D eigenvalue weighted by Gasteiger charge is 2.09. The van der Waals surface area contributed by atoms with E-state index in [4.69, 9.17) is 4.74 Å². The molecule has 0 fully saturated rings. The van der Waals surface area contributed by atoms with E-state index in [0.717, 1.165) is 37.3 Å². The molecule has 0 amide bonds. The minimum atomic E-state index is 0.306. The molecular weight excluding hydrogens is 258 g/mol. The van der Waals surface area contributed by atoms with Gasteiger partial charge in [-0.15, -0.1) is 0 Å². The third kappa shape index (κ3) is 4.32. The summed E-state index contributed by atoms with van der Waals surface area (Å²) < 4.78 is 5.70. The van der Waals surface area contributed by atoms with Crippen LogP contribution in [0.25, 0.3) is 0 Å². The van der Waals surface area contributed by atoms with Crippen molar-refractivity contribution in [2.75, 3.05) is 6.61 Å². The van der Waals surface area contributed by atoms with Crippen molar-refractivity contribution in [3.05, 3.63) is 59.4 Å². The third-order valence-corrected chi connectivity index (χ3v) is 3.85. The van der Waals surface area contributed by atoms with Gasteiger partial charge in [-0.3, -0.25) is 4.98 Å². The highest BCUT2D eigenvalue weighted by atomic mass is 16.5. The predicted molar refractivity (Wildman–Crippen MR) is 88.0 cm³/mol. The Labute approximate surface area is 128 Å². The third-order valence-electron chi connectivity index (χ3n) is 3.85. The first kappa shape index (κ1) is 15.6. The Balaban J connectivity index is 2.02. The van der Waals surface area contributed by atoms with Crippen LogP contribution in [0.3, 0.4) is 0 Å². The number of pyridine rings is 1. The number of hydrogen-bond acceptors (Lipinski definition) is 2. The van der Waals surface area contributed by atoms with Gasteiger partial charge in [-0.25, -0.2) is 0 Å². The molecule has 2 heteroatoms. The Kier molecular flexibility index (Phi) is 5.79. The quantitative estimate of drug-likeness (QED) is 0.669.